The van der Waals surface area contributed by atoms with Crippen LogP contribution < -0.4 is 9.68 Å². The topological polar surface area (TPSA) is 76.8 Å². The van der Waals surface area contributed by atoms with Gasteiger partial charge >= 0.3 is 10.9 Å². The van der Waals surface area contributed by atoms with E-state index in [1.54, 1.807) is 18.2 Å². The molecule has 0 saturated carbocycles. The number of carbonyl (C=O) groups is 2. The molecule has 3 heterocycles. The number of thiophene rings is 1. The first-order valence-corrected chi connectivity index (χ1v) is 13.4. The molecule has 1 amide bonds. The summed E-state index contributed by atoms with van der Waals surface area (Å²) in [6, 6.07) is 14.9. The van der Waals surface area contributed by atoms with Crippen LogP contribution in [0.2, 0.25) is 0 Å². The number of fused-ring (bicyclic) bond motifs is 1. The zero-order valence-corrected chi connectivity index (χ0v) is 21.6. The summed E-state index contributed by atoms with van der Waals surface area (Å²) in [4.78, 5) is 39.8. The van der Waals surface area contributed by atoms with Crippen molar-refractivity contribution in [1.29, 1.82) is 0 Å². The molecule has 1 fully saturated rings. The molecule has 1 saturated heterocycles. The highest BCUT2D eigenvalue weighted by Gasteiger charge is 2.32. The number of rotatable bonds is 6. The average Bonchev–Trinajstić information content (AvgIpc) is 3.53. The quantitative estimate of drug-likeness (QED) is 0.127. The average molecular weight is 540 g/mol. The Hall–Kier alpha value is -3.05. The van der Waals surface area contributed by atoms with Crippen LogP contribution in [0.4, 0.5) is 0 Å². The molecule has 1 aliphatic rings. The van der Waals surface area contributed by atoms with Gasteiger partial charge < -0.3 is 9.15 Å². The zero-order chi connectivity index (χ0) is 24.5. The highest BCUT2D eigenvalue weighted by Crippen LogP contribution is 2.35. The second-order valence-corrected chi connectivity index (χ2v) is 11.3. The first-order chi connectivity index (χ1) is 16.9. The fourth-order valence-electron chi connectivity index (χ4n) is 3.54. The number of thioether (sulfide) groups is 1. The van der Waals surface area contributed by atoms with Gasteiger partial charge in [-0.2, -0.15) is 0 Å². The van der Waals surface area contributed by atoms with Crippen molar-refractivity contribution >= 4 is 79.2 Å². The van der Waals surface area contributed by atoms with E-state index in [2.05, 4.69) is 0 Å². The van der Waals surface area contributed by atoms with Gasteiger partial charge in [0.1, 0.15) is 10.1 Å². The van der Waals surface area contributed by atoms with E-state index in [0.29, 0.717) is 30.8 Å². The smallest absolute Gasteiger partial charge is 0.396 e. The lowest BCUT2D eigenvalue weighted by Crippen LogP contribution is -2.31. The standard InChI is InChI=1S/C25H17NO5S4/c1-14-4-6-15(7-5-14)18-11-16(12-19-22(18)31-25(29)35-19)30-21(27)8-9-26-23(28)20(34-24(26)32)13-17-3-2-10-33-17/h2-7,10-13H,8-9H2,1H3/b20-13-. The number of thiocarbonyl (C=S) groups is 1. The predicted octanol–water partition coefficient (Wildman–Crippen LogP) is 6.09. The number of carbonyl (C=O) groups excluding carboxylic acids is 2. The van der Waals surface area contributed by atoms with Gasteiger partial charge in [0, 0.05) is 23.1 Å². The molecule has 0 bridgehead atoms. The van der Waals surface area contributed by atoms with Gasteiger partial charge in [0.05, 0.1) is 16.0 Å². The summed E-state index contributed by atoms with van der Waals surface area (Å²) >= 11 is 9.05. The lowest BCUT2D eigenvalue weighted by atomic mass is 10.0. The Balaban J connectivity index is 1.31. The lowest BCUT2D eigenvalue weighted by molar-refractivity contribution is -0.134. The summed E-state index contributed by atoms with van der Waals surface area (Å²) in [5, 5.41) is 1.94. The van der Waals surface area contributed by atoms with Crippen molar-refractivity contribution in [3.8, 4) is 16.9 Å². The molecule has 0 aliphatic carbocycles. The van der Waals surface area contributed by atoms with Crippen molar-refractivity contribution in [2.45, 2.75) is 13.3 Å². The maximum absolute atomic E-state index is 12.8. The van der Waals surface area contributed by atoms with E-state index in [1.165, 1.54) is 28.0 Å². The number of hydrogen-bond acceptors (Lipinski definition) is 9. The first kappa shape index (κ1) is 23.7. The van der Waals surface area contributed by atoms with Crippen LogP contribution in [0.5, 0.6) is 5.75 Å². The second kappa shape index (κ2) is 9.90. The van der Waals surface area contributed by atoms with E-state index in [9.17, 15) is 14.4 Å². The van der Waals surface area contributed by atoms with Crippen molar-refractivity contribution in [2.24, 2.45) is 0 Å². The van der Waals surface area contributed by atoms with Gasteiger partial charge in [-0.3, -0.25) is 14.5 Å². The Morgan fingerprint density at radius 1 is 1.17 bits per heavy atom. The summed E-state index contributed by atoms with van der Waals surface area (Å²) in [5.41, 5.74) is 3.06. The monoisotopic (exact) mass is 539 g/mol. The fourth-order valence-corrected chi connectivity index (χ4v) is 6.29. The van der Waals surface area contributed by atoms with E-state index in [-0.39, 0.29) is 18.9 Å². The minimum atomic E-state index is -0.508. The highest BCUT2D eigenvalue weighted by molar-refractivity contribution is 8.26. The van der Waals surface area contributed by atoms with Crippen LogP contribution in [0.15, 0.2) is 68.0 Å². The Kier molecular flexibility index (Phi) is 6.70. The summed E-state index contributed by atoms with van der Waals surface area (Å²) < 4.78 is 12.0. The minimum Gasteiger partial charge on any atom is -0.426 e. The molecule has 35 heavy (non-hydrogen) atoms. The molecule has 0 atom stereocenters. The van der Waals surface area contributed by atoms with E-state index < -0.39 is 10.9 Å². The molecular weight excluding hydrogens is 523 g/mol. The van der Waals surface area contributed by atoms with Crippen molar-refractivity contribution in [1.82, 2.24) is 4.90 Å². The molecule has 1 aliphatic heterocycles. The molecule has 0 radical (unpaired) electrons. The van der Waals surface area contributed by atoms with Crippen LogP contribution in [0, 0.1) is 6.92 Å². The lowest BCUT2D eigenvalue weighted by Gasteiger charge is -2.14. The molecule has 0 spiro atoms. The molecule has 0 unspecified atom stereocenters. The summed E-state index contributed by atoms with van der Waals surface area (Å²) in [6.45, 7) is 2.11. The second-order valence-electron chi connectivity index (χ2n) is 7.69. The molecular formula is C25H17NO5S4. The third-order valence-electron chi connectivity index (χ3n) is 5.23. The van der Waals surface area contributed by atoms with Crippen molar-refractivity contribution in [3.05, 3.63) is 79.0 Å². The Morgan fingerprint density at radius 3 is 2.71 bits per heavy atom. The van der Waals surface area contributed by atoms with Crippen molar-refractivity contribution in [3.63, 3.8) is 0 Å². The highest BCUT2D eigenvalue weighted by atomic mass is 32.2. The third kappa shape index (κ3) is 5.15. The summed E-state index contributed by atoms with van der Waals surface area (Å²) in [6.07, 6.45) is 1.78. The van der Waals surface area contributed by atoms with Gasteiger partial charge in [-0.05, 0) is 36.1 Å². The van der Waals surface area contributed by atoms with E-state index in [4.69, 9.17) is 21.4 Å². The SMILES string of the molecule is Cc1ccc(-c2cc(OC(=O)CCN3C(=O)/C(=C/c4cccs4)SC3=S)cc3sc(=O)oc23)cc1. The number of esters is 1. The molecule has 0 N–H and O–H groups in total. The minimum absolute atomic E-state index is 0.0295. The van der Waals surface area contributed by atoms with Gasteiger partial charge in [-0.15, -0.1) is 11.3 Å². The number of benzene rings is 2. The first-order valence-electron chi connectivity index (χ1n) is 10.5. The van der Waals surface area contributed by atoms with Crippen molar-refractivity contribution in [2.75, 3.05) is 6.54 Å². The zero-order valence-electron chi connectivity index (χ0n) is 18.3. The number of ether oxygens (including phenoxy) is 1. The third-order valence-corrected chi connectivity index (χ3v) is 8.20. The summed E-state index contributed by atoms with van der Waals surface area (Å²) in [7, 11) is 0. The Bertz CT molecular complexity index is 1530. The van der Waals surface area contributed by atoms with Gasteiger partial charge in [-0.25, -0.2) is 4.79 Å². The number of aryl methyl sites for hydroxylation is 1. The van der Waals surface area contributed by atoms with Crippen molar-refractivity contribution < 1.29 is 18.7 Å². The van der Waals surface area contributed by atoms with Gasteiger partial charge in [0.2, 0.25) is 0 Å². The van der Waals surface area contributed by atoms with E-state index in [1.807, 2.05) is 48.7 Å². The molecule has 2 aromatic carbocycles. The predicted molar refractivity (Wildman–Crippen MR) is 145 cm³/mol. The molecule has 2 aromatic heterocycles. The number of amides is 1. The van der Waals surface area contributed by atoms with Gasteiger partial charge in [0.25, 0.3) is 5.91 Å². The summed E-state index contributed by atoms with van der Waals surface area (Å²) in [5.74, 6) is -0.420. The Morgan fingerprint density at radius 2 is 1.97 bits per heavy atom. The maximum Gasteiger partial charge on any atom is 0.396 e. The van der Waals surface area contributed by atoms with Crippen LogP contribution >= 0.6 is 46.7 Å². The number of nitrogens with zero attached hydrogens (tertiary/aromatic N) is 1. The fraction of sp³-hybridized carbons (Fsp3) is 0.120. The van der Waals surface area contributed by atoms with E-state index >= 15 is 0 Å². The molecule has 10 heteroatoms. The largest absolute Gasteiger partial charge is 0.426 e. The Labute approximate surface area is 217 Å². The van der Waals surface area contributed by atoms with Gasteiger partial charge in [0.15, 0.2) is 5.58 Å². The van der Waals surface area contributed by atoms with E-state index in [0.717, 1.165) is 27.3 Å². The van der Waals surface area contributed by atoms with Crippen LogP contribution in [0.25, 0.3) is 27.5 Å². The van der Waals surface area contributed by atoms with Crippen LogP contribution in [0.3, 0.4) is 0 Å². The maximum atomic E-state index is 12.8. The molecule has 176 valence electrons. The van der Waals surface area contributed by atoms with Crippen LogP contribution in [-0.4, -0.2) is 27.6 Å². The van der Waals surface area contributed by atoms with Gasteiger partial charge in [-0.1, -0.05) is 71.2 Å². The van der Waals surface area contributed by atoms with Crippen LogP contribution in [-0.2, 0) is 9.59 Å². The molecule has 4 aromatic rings. The number of hydrogen-bond donors (Lipinski definition) is 0. The molecule has 6 nitrogen and oxygen atoms in total. The normalized spacial score (nSPS) is 14.9. The molecule has 5 rings (SSSR count). The van der Waals surface area contributed by atoms with Crippen LogP contribution in [0.1, 0.15) is 16.9 Å².